The highest BCUT2D eigenvalue weighted by atomic mass is 35.5. The van der Waals surface area contributed by atoms with Crippen molar-refractivity contribution in [1.29, 1.82) is 0 Å². The van der Waals surface area contributed by atoms with Crippen LogP contribution in [0.25, 0.3) is 0 Å². The van der Waals surface area contributed by atoms with E-state index in [0.29, 0.717) is 6.54 Å². The minimum atomic E-state index is 0.0863. The van der Waals surface area contributed by atoms with Gasteiger partial charge in [-0.05, 0) is 30.3 Å². The van der Waals surface area contributed by atoms with Crippen molar-refractivity contribution in [2.45, 2.75) is 12.5 Å². The number of rotatable bonds is 3. The number of nitrogens with one attached hydrogen (secondary N) is 1. The van der Waals surface area contributed by atoms with E-state index in [1.807, 2.05) is 36.4 Å². The van der Waals surface area contributed by atoms with E-state index >= 15 is 0 Å². The number of hydrogen-bond donors (Lipinski definition) is 2. The summed E-state index contributed by atoms with van der Waals surface area (Å²) in [6.45, 7) is 0.537. The molecule has 1 unspecified atom stereocenters. The summed E-state index contributed by atoms with van der Waals surface area (Å²) in [5.74, 6) is 0.910. The predicted octanol–water partition coefficient (Wildman–Crippen LogP) is 3.35. The molecule has 3 rings (SSSR count). The molecule has 0 fully saturated rings. The van der Waals surface area contributed by atoms with E-state index < -0.39 is 0 Å². The van der Waals surface area contributed by atoms with Crippen molar-refractivity contribution >= 4 is 23.0 Å². The van der Waals surface area contributed by atoms with E-state index in [-0.39, 0.29) is 6.10 Å². The Bertz CT molecular complexity index is 583. The number of halogens is 1. The van der Waals surface area contributed by atoms with E-state index in [2.05, 4.69) is 11.4 Å². The third-order valence-electron chi connectivity index (χ3n) is 3.21. The largest absolute Gasteiger partial charge is 0.486 e. The Morgan fingerprint density at radius 1 is 1.21 bits per heavy atom. The first-order valence-corrected chi connectivity index (χ1v) is 6.65. The molecule has 0 spiro atoms. The molecule has 3 nitrogen and oxygen atoms in total. The summed E-state index contributed by atoms with van der Waals surface area (Å²) >= 11 is 5.88. The van der Waals surface area contributed by atoms with Crippen molar-refractivity contribution in [2.24, 2.45) is 5.73 Å². The van der Waals surface area contributed by atoms with Crippen LogP contribution in [0.3, 0.4) is 0 Å². The number of benzene rings is 2. The highest BCUT2D eigenvalue weighted by Gasteiger charge is 2.23. The quantitative estimate of drug-likeness (QED) is 0.902. The number of ether oxygens (including phenoxy) is 1. The summed E-state index contributed by atoms with van der Waals surface area (Å²) in [6.07, 6.45) is 0.963. The minimum absolute atomic E-state index is 0.0863. The first-order valence-electron chi connectivity index (χ1n) is 6.27. The highest BCUT2D eigenvalue weighted by Crippen LogP contribution is 2.37. The van der Waals surface area contributed by atoms with Crippen molar-refractivity contribution in [2.75, 3.05) is 11.9 Å². The van der Waals surface area contributed by atoms with Crippen molar-refractivity contribution in [3.05, 3.63) is 53.1 Å². The smallest absolute Gasteiger partial charge is 0.146 e. The lowest BCUT2D eigenvalue weighted by atomic mass is 10.1. The Morgan fingerprint density at radius 2 is 2.00 bits per heavy atom. The Balaban J connectivity index is 1.87. The van der Waals surface area contributed by atoms with Gasteiger partial charge in [0.05, 0.1) is 5.69 Å². The molecule has 0 aromatic heterocycles. The van der Waals surface area contributed by atoms with Gasteiger partial charge in [0.15, 0.2) is 0 Å². The van der Waals surface area contributed by atoms with Crippen molar-refractivity contribution in [3.63, 3.8) is 0 Å². The van der Waals surface area contributed by atoms with Gasteiger partial charge < -0.3 is 15.8 Å². The Hall–Kier alpha value is -1.71. The van der Waals surface area contributed by atoms with Crippen LogP contribution in [0.15, 0.2) is 42.5 Å². The van der Waals surface area contributed by atoms with Gasteiger partial charge in [-0.25, -0.2) is 0 Å². The average Bonchev–Trinajstić information content (AvgIpc) is 2.85. The molecule has 0 saturated heterocycles. The molecule has 0 radical (unpaired) electrons. The zero-order chi connectivity index (χ0) is 13.2. The van der Waals surface area contributed by atoms with Gasteiger partial charge in [-0.1, -0.05) is 23.7 Å². The lowest BCUT2D eigenvalue weighted by Gasteiger charge is -2.12. The third-order valence-corrected chi connectivity index (χ3v) is 3.47. The van der Waals surface area contributed by atoms with Crippen molar-refractivity contribution in [3.8, 4) is 5.75 Å². The maximum absolute atomic E-state index is 5.88. The van der Waals surface area contributed by atoms with Crippen LogP contribution in [0.4, 0.5) is 11.4 Å². The first kappa shape index (κ1) is 12.3. The molecule has 1 atom stereocenters. The van der Waals surface area contributed by atoms with Crippen LogP contribution in [-0.2, 0) is 6.42 Å². The number of fused-ring (bicyclic) bond motifs is 1. The summed E-state index contributed by atoms with van der Waals surface area (Å²) < 4.78 is 5.87. The van der Waals surface area contributed by atoms with E-state index in [0.717, 1.165) is 28.6 Å². The third kappa shape index (κ3) is 2.53. The number of nitrogens with two attached hydrogens (primary N) is 1. The Labute approximate surface area is 117 Å². The number of hydrogen-bond acceptors (Lipinski definition) is 3. The fourth-order valence-corrected chi connectivity index (χ4v) is 2.38. The van der Waals surface area contributed by atoms with Crippen molar-refractivity contribution < 1.29 is 4.74 Å². The second-order valence-electron chi connectivity index (χ2n) is 4.61. The van der Waals surface area contributed by atoms with Crippen LogP contribution in [0.1, 0.15) is 5.56 Å². The Kier molecular flexibility index (Phi) is 3.32. The van der Waals surface area contributed by atoms with Gasteiger partial charge >= 0.3 is 0 Å². The molecule has 19 heavy (non-hydrogen) atoms. The Morgan fingerprint density at radius 3 is 2.74 bits per heavy atom. The van der Waals surface area contributed by atoms with Crippen LogP contribution in [0.5, 0.6) is 5.75 Å². The van der Waals surface area contributed by atoms with E-state index in [1.54, 1.807) is 0 Å². The maximum Gasteiger partial charge on any atom is 0.146 e. The van der Waals surface area contributed by atoms with Gasteiger partial charge in [0.1, 0.15) is 11.9 Å². The monoisotopic (exact) mass is 274 g/mol. The van der Waals surface area contributed by atoms with Gasteiger partial charge in [0.25, 0.3) is 0 Å². The van der Waals surface area contributed by atoms with E-state index in [4.69, 9.17) is 22.1 Å². The zero-order valence-corrected chi connectivity index (χ0v) is 11.2. The fraction of sp³-hybridized carbons (Fsp3) is 0.200. The summed E-state index contributed by atoms with van der Waals surface area (Å²) in [5, 5.41) is 4.08. The van der Waals surface area contributed by atoms with Gasteiger partial charge in [-0.15, -0.1) is 0 Å². The molecule has 2 aromatic carbocycles. The van der Waals surface area contributed by atoms with Crippen LogP contribution in [0.2, 0.25) is 5.02 Å². The molecule has 98 valence electrons. The van der Waals surface area contributed by atoms with Crippen LogP contribution in [-0.4, -0.2) is 12.6 Å². The maximum atomic E-state index is 5.88. The predicted molar refractivity (Wildman–Crippen MR) is 78.4 cm³/mol. The molecular formula is C15H15ClN2O. The van der Waals surface area contributed by atoms with Crippen molar-refractivity contribution in [1.82, 2.24) is 0 Å². The molecule has 4 heteroatoms. The molecule has 0 amide bonds. The summed E-state index contributed by atoms with van der Waals surface area (Å²) in [4.78, 5) is 0. The number of para-hydroxylation sites is 1. The van der Waals surface area contributed by atoms with E-state index in [1.165, 1.54) is 5.56 Å². The number of anilines is 2. The van der Waals surface area contributed by atoms with Gasteiger partial charge in [0, 0.05) is 29.2 Å². The molecule has 2 aromatic rings. The lowest BCUT2D eigenvalue weighted by Crippen LogP contribution is -2.24. The molecule has 1 aliphatic heterocycles. The van der Waals surface area contributed by atoms with Crippen LogP contribution < -0.4 is 15.8 Å². The average molecular weight is 275 g/mol. The summed E-state index contributed by atoms with van der Waals surface area (Å²) in [5.41, 5.74) is 8.83. The molecule has 1 heterocycles. The minimum Gasteiger partial charge on any atom is -0.486 e. The van der Waals surface area contributed by atoms with Crippen LogP contribution >= 0.6 is 11.6 Å². The zero-order valence-electron chi connectivity index (χ0n) is 10.4. The highest BCUT2D eigenvalue weighted by molar-refractivity contribution is 6.30. The molecular weight excluding hydrogens is 260 g/mol. The molecule has 0 aliphatic carbocycles. The molecule has 3 N–H and O–H groups in total. The van der Waals surface area contributed by atoms with E-state index in [9.17, 15) is 0 Å². The summed E-state index contributed by atoms with van der Waals surface area (Å²) in [6, 6.07) is 13.7. The standard InChI is InChI=1S/C15H15ClN2O/c16-11-4-6-12(7-5-11)18-14-3-1-2-10-8-13(9-17)19-15(10)14/h1-7,13,18H,8-9,17H2. The van der Waals surface area contributed by atoms with Gasteiger partial charge in [-0.3, -0.25) is 0 Å². The molecule has 0 saturated carbocycles. The fourth-order valence-electron chi connectivity index (χ4n) is 2.26. The second kappa shape index (κ2) is 5.11. The topological polar surface area (TPSA) is 47.3 Å². The van der Waals surface area contributed by atoms with Crippen LogP contribution in [0, 0.1) is 0 Å². The second-order valence-corrected chi connectivity index (χ2v) is 5.04. The molecule has 0 bridgehead atoms. The SMILES string of the molecule is NCC1Cc2cccc(Nc3ccc(Cl)cc3)c2O1. The molecule has 1 aliphatic rings. The lowest BCUT2D eigenvalue weighted by molar-refractivity contribution is 0.242. The van der Waals surface area contributed by atoms with Gasteiger partial charge in [0.2, 0.25) is 0 Å². The van der Waals surface area contributed by atoms with Gasteiger partial charge in [-0.2, -0.15) is 0 Å². The summed E-state index contributed by atoms with van der Waals surface area (Å²) in [7, 11) is 0. The normalized spacial score (nSPS) is 16.8. The first-order chi connectivity index (χ1) is 9.26.